The first-order valence-electron chi connectivity index (χ1n) is 5.26. The summed E-state index contributed by atoms with van der Waals surface area (Å²) in [4.78, 5) is 22.1. The lowest BCUT2D eigenvalue weighted by Crippen LogP contribution is -2.18. The summed E-state index contributed by atoms with van der Waals surface area (Å²) in [6.07, 6.45) is 0. The molecular formula is C12H15NO4. The number of ether oxygens (including phenoxy) is 1. The number of nitrogens with one attached hydrogen (secondary N) is 1. The molecule has 2 N–H and O–H groups in total. The average Bonchev–Trinajstić information content (AvgIpc) is 2.28. The molecule has 0 bridgehead atoms. The van der Waals surface area contributed by atoms with Crippen molar-refractivity contribution >= 4 is 17.6 Å². The Morgan fingerprint density at radius 2 is 2.12 bits per heavy atom. The predicted molar refractivity (Wildman–Crippen MR) is 63.3 cm³/mol. The van der Waals surface area contributed by atoms with Gasteiger partial charge in [-0.25, -0.2) is 4.79 Å². The number of hydrogen-bond acceptors (Lipinski definition) is 3. The Hall–Kier alpha value is -1.88. The van der Waals surface area contributed by atoms with Crippen LogP contribution in [0.2, 0.25) is 0 Å². The topological polar surface area (TPSA) is 75.6 Å². The van der Waals surface area contributed by atoms with Gasteiger partial charge in [0.1, 0.15) is 6.61 Å². The van der Waals surface area contributed by atoms with Crippen molar-refractivity contribution in [3.05, 3.63) is 29.3 Å². The van der Waals surface area contributed by atoms with Crippen molar-refractivity contribution in [1.29, 1.82) is 0 Å². The third-order valence-electron chi connectivity index (χ3n) is 2.18. The third-order valence-corrected chi connectivity index (χ3v) is 2.18. The van der Waals surface area contributed by atoms with Crippen LogP contribution in [0.15, 0.2) is 18.2 Å². The molecular weight excluding hydrogens is 222 g/mol. The molecule has 0 saturated heterocycles. The predicted octanol–water partition coefficient (Wildman–Crippen LogP) is 1.67. The van der Waals surface area contributed by atoms with E-state index >= 15 is 0 Å². The zero-order valence-corrected chi connectivity index (χ0v) is 9.82. The highest BCUT2D eigenvalue weighted by Gasteiger charge is 2.08. The molecule has 92 valence electrons. The minimum Gasteiger partial charge on any atom is -0.478 e. The molecule has 0 fully saturated rings. The Bertz CT molecular complexity index is 429. The smallest absolute Gasteiger partial charge is 0.335 e. The second-order valence-corrected chi connectivity index (χ2v) is 3.52. The molecule has 1 aromatic rings. The summed E-state index contributed by atoms with van der Waals surface area (Å²) in [5, 5.41) is 11.4. The molecule has 0 saturated carbocycles. The van der Waals surface area contributed by atoms with E-state index in [1.807, 2.05) is 0 Å². The van der Waals surface area contributed by atoms with Gasteiger partial charge >= 0.3 is 5.97 Å². The number of carboxylic acid groups (broad SMARTS) is 1. The van der Waals surface area contributed by atoms with Gasteiger partial charge in [0.25, 0.3) is 0 Å². The van der Waals surface area contributed by atoms with Gasteiger partial charge in [0, 0.05) is 12.3 Å². The summed E-state index contributed by atoms with van der Waals surface area (Å²) in [7, 11) is 0. The van der Waals surface area contributed by atoms with Gasteiger partial charge in [-0.05, 0) is 37.6 Å². The monoisotopic (exact) mass is 237 g/mol. The number of benzene rings is 1. The number of aromatic carboxylic acids is 1. The lowest BCUT2D eigenvalue weighted by Gasteiger charge is -2.08. The maximum atomic E-state index is 11.4. The minimum absolute atomic E-state index is 0.00335. The first kappa shape index (κ1) is 13.2. The summed E-state index contributed by atoms with van der Waals surface area (Å²) in [5.74, 6) is -1.24. The molecule has 0 aliphatic rings. The minimum atomic E-state index is -0.986. The van der Waals surface area contributed by atoms with Crippen molar-refractivity contribution in [2.24, 2.45) is 0 Å². The van der Waals surface area contributed by atoms with Gasteiger partial charge in [0.2, 0.25) is 5.91 Å². The van der Waals surface area contributed by atoms with E-state index in [9.17, 15) is 9.59 Å². The standard InChI is InChI=1S/C12H15NO4/c1-3-17-7-11(14)13-10-5-4-9(12(15)16)6-8(10)2/h4-6H,3,7H2,1-2H3,(H,13,14)(H,15,16). The molecule has 0 unspecified atom stereocenters. The number of hydrogen-bond donors (Lipinski definition) is 2. The van der Waals surface area contributed by atoms with Crippen LogP contribution in [0.3, 0.4) is 0 Å². The quantitative estimate of drug-likeness (QED) is 0.816. The molecule has 1 aromatic carbocycles. The number of carbonyl (C=O) groups excluding carboxylic acids is 1. The van der Waals surface area contributed by atoms with Crippen LogP contribution in [-0.2, 0) is 9.53 Å². The lowest BCUT2D eigenvalue weighted by molar-refractivity contribution is -0.120. The third kappa shape index (κ3) is 3.88. The van der Waals surface area contributed by atoms with Gasteiger partial charge in [-0.1, -0.05) is 0 Å². The van der Waals surface area contributed by atoms with E-state index in [1.54, 1.807) is 19.9 Å². The van der Waals surface area contributed by atoms with E-state index in [-0.39, 0.29) is 18.1 Å². The normalized spacial score (nSPS) is 10.0. The molecule has 17 heavy (non-hydrogen) atoms. The molecule has 5 heteroatoms. The van der Waals surface area contributed by atoms with Gasteiger partial charge < -0.3 is 15.2 Å². The maximum Gasteiger partial charge on any atom is 0.335 e. The lowest BCUT2D eigenvalue weighted by atomic mass is 10.1. The summed E-state index contributed by atoms with van der Waals surface area (Å²) < 4.78 is 4.96. The van der Waals surface area contributed by atoms with E-state index in [0.717, 1.165) is 0 Å². The number of carbonyl (C=O) groups is 2. The van der Waals surface area contributed by atoms with Crippen LogP contribution in [-0.4, -0.2) is 30.2 Å². The van der Waals surface area contributed by atoms with Crippen molar-refractivity contribution in [3.63, 3.8) is 0 Å². The summed E-state index contributed by atoms with van der Waals surface area (Å²) in [5.41, 5.74) is 1.50. The van der Waals surface area contributed by atoms with Crippen LogP contribution >= 0.6 is 0 Å². The highest BCUT2D eigenvalue weighted by molar-refractivity contribution is 5.94. The van der Waals surface area contributed by atoms with Gasteiger partial charge in [0.05, 0.1) is 5.56 Å². The van der Waals surface area contributed by atoms with E-state index in [1.165, 1.54) is 12.1 Å². The second kappa shape index (κ2) is 6.00. The number of aryl methyl sites for hydroxylation is 1. The number of anilines is 1. The molecule has 1 amide bonds. The van der Waals surface area contributed by atoms with E-state index in [4.69, 9.17) is 9.84 Å². The second-order valence-electron chi connectivity index (χ2n) is 3.52. The molecule has 0 aliphatic heterocycles. The maximum absolute atomic E-state index is 11.4. The fourth-order valence-corrected chi connectivity index (χ4v) is 1.32. The molecule has 1 rings (SSSR count). The van der Waals surface area contributed by atoms with E-state index in [2.05, 4.69) is 5.32 Å². The van der Waals surface area contributed by atoms with Gasteiger partial charge in [-0.15, -0.1) is 0 Å². The van der Waals surface area contributed by atoms with Crippen molar-refractivity contribution in [3.8, 4) is 0 Å². The van der Waals surface area contributed by atoms with Gasteiger partial charge in [-0.2, -0.15) is 0 Å². The molecule has 0 aliphatic carbocycles. The first-order chi connectivity index (χ1) is 8.04. The average molecular weight is 237 g/mol. The van der Waals surface area contributed by atoms with E-state index < -0.39 is 5.97 Å². The fraction of sp³-hybridized carbons (Fsp3) is 0.333. The van der Waals surface area contributed by atoms with Gasteiger partial charge in [-0.3, -0.25) is 4.79 Å². The van der Waals surface area contributed by atoms with E-state index in [0.29, 0.717) is 17.9 Å². The molecule has 0 spiro atoms. The first-order valence-corrected chi connectivity index (χ1v) is 5.26. The zero-order chi connectivity index (χ0) is 12.8. The van der Waals surface area contributed by atoms with Crippen molar-refractivity contribution in [2.45, 2.75) is 13.8 Å². The SMILES string of the molecule is CCOCC(=O)Nc1ccc(C(=O)O)cc1C. The van der Waals surface area contributed by atoms with Crippen LogP contribution < -0.4 is 5.32 Å². The molecule has 5 nitrogen and oxygen atoms in total. The van der Waals surface area contributed by atoms with Crippen LogP contribution in [0.4, 0.5) is 5.69 Å². The van der Waals surface area contributed by atoms with Crippen molar-refractivity contribution < 1.29 is 19.4 Å². The summed E-state index contributed by atoms with van der Waals surface area (Å²) in [6, 6.07) is 4.53. The van der Waals surface area contributed by atoms with Crippen LogP contribution in [0.5, 0.6) is 0 Å². The summed E-state index contributed by atoms with van der Waals surface area (Å²) in [6.45, 7) is 4.02. The summed E-state index contributed by atoms with van der Waals surface area (Å²) >= 11 is 0. The Labute approximate surface area is 99.4 Å². The highest BCUT2D eigenvalue weighted by atomic mass is 16.5. The largest absolute Gasteiger partial charge is 0.478 e. The number of carboxylic acids is 1. The van der Waals surface area contributed by atoms with Crippen LogP contribution in [0.25, 0.3) is 0 Å². The van der Waals surface area contributed by atoms with Gasteiger partial charge in [0.15, 0.2) is 0 Å². The van der Waals surface area contributed by atoms with Crippen molar-refractivity contribution in [2.75, 3.05) is 18.5 Å². The Balaban J connectivity index is 2.72. The molecule has 0 atom stereocenters. The molecule has 0 heterocycles. The van der Waals surface area contributed by atoms with Crippen LogP contribution in [0.1, 0.15) is 22.8 Å². The zero-order valence-electron chi connectivity index (χ0n) is 9.82. The number of rotatable bonds is 5. The fourth-order valence-electron chi connectivity index (χ4n) is 1.32. The van der Waals surface area contributed by atoms with Crippen LogP contribution in [0, 0.1) is 6.92 Å². The molecule has 0 radical (unpaired) electrons. The Morgan fingerprint density at radius 3 is 2.65 bits per heavy atom. The van der Waals surface area contributed by atoms with Crippen molar-refractivity contribution in [1.82, 2.24) is 0 Å². The Morgan fingerprint density at radius 1 is 1.41 bits per heavy atom. The Kier molecular flexibility index (Phi) is 4.66. The molecule has 0 aromatic heterocycles. The number of amides is 1. The highest BCUT2D eigenvalue weighted by Crippen LogP contribution is 2.16.